The van der Waals surface area contributed by atoms with Crippen LogP contribution < -0.4 is 16.4 Å². The summed E-state index contributed by atoms with van der Waals surface area (Å²) in [5.41, 5.74) is 5.68. The van der Waals surface area contributed by atoms with Gasteiger partial charge in [0.2, 0.25) is 5.91 Å². The molecule has 0 aromatic carbocycles. The van der Waals surface area contributed by atoms with Gasteiger partial charge in [0.1, 0.15) is 0 Å². The fraction of sp³-hybridized carbons (Fsp3) is 0.900. The number of hydrogen-bond acceptors (Lipinski definition) is 4. The van der Waals surface area contributed by atoms with Crippen molar-refractivity contribution in [2.75, 3.05) is 39.3 Å². The maximum absolute atomic E-state index is 11.3. The molecule has 1 fully saturated rings. The van der Waals surface area contributed by atoms with Gasteiger partial charge in [-0.1, -0.05) is 0 Å². The number of piperazine rings is 1. The molecule has 0 saturated carbocycles. The molecule has 0 aliphatic carbocycles. The van der Waals surface area contributed by atoms with E-state index >= 15 is 0 Å². The highest BCUT2D eigenvalue weighted by atomic mass is 16.1. The molecular formula is C10H22N4O. The third-order valence-corrected chi connectivity index (χ3v) is 2.74. The lowest BCUT2D eigenvalue weighted by atomic mass is 10.2. The van der Waals surface area contributed by atoms with E-state index in [1.165, 1.54) is 0 Å². The van der Waals surface area contributed by atoms with Crippen molar-refractivity contribution in [2.24, 2.45) is 5.73 Å². The SMILES string of the molecule is CCNC(=O)CCN1CCNCC1CN. The summed E-state index contributed by atoms with van der Waals surface area (Å²) in [6, 6.07) is 0.383. The molecule has 88 valence electrons. The zero-order valence-corrected chi connectivity index (χ0v) is 9.46. The first kappa shape index (κ1) is 12.4. The smallest absolute Gasteiger partial charge is 0.221 e. The van der Waals surface area contributed by atoms with Crippen LogP contribution in [0.4, 0.5) is 0 Å². The highest BCUT2D eigenvalue weighted by Gasteiger charge is 2.20. The molecule has 0 aromatic rings. The van der Waals surface area contributed by atoms with Crippen LogP contribution in [0.1, 0.15) is 13.3 Å². The molecule has 4 N–H and O–H groups in total. The van der Waals surface area contributed by atoms with Gasteiger partial charge in [0.15, 0.2) is 0 Å². The van der Waals surface area contributed by atoms with Gasteiger partial charge in [-0.15, -0.1) is 0 Å². The molecule has 5 heteroatoms. The van der Waals surface area contributed by atoms with E-state index in [4.69, 9.17) is 5.73 Å². The van der Waals surface area contributed by atoms with Crippen LogP contribution in [-0.4, -0.2) is 56.1 Å². The van der Waals surface area contributed by atoms with Crippen molar-refractivity contribution < 1.29 is 4.79 Å². The molecule has 5 nitrogen and oxygen atoms in total. The maximum Gasteiger partial charge on any atom is 0.221 e. The summed E-state index contributed by atoms with van der Waals surface area (Å²) >= 11 is 0. The third-order valence-electron chi connectivity index (χ3n) is 2.74. The molecule has 1 amide bonds. The quantitative estimate of drug-likeness (QED) is 0.534. The first-order valence-corrected chi connectivity index (χ1v) is 5.69. The molecule has 1 unspecified atom stereocenters. The predicted octanol–water partition coefficient (Wildman–Crippen LogP) is -1.25. The Balaban J connectivity index is 2.26. The Hall–Kier alpha value is -0.650. The zero-order chi connectivity index (χ0) is 11.1. The molecule has 15 heavy (non-hydrogen) atoms. The van der Waals surface area contributed by atoms with Gasteiger partial charge in [0.25, 0.3) is 0 Å². The number of hydrogen-bond donors (Lipinski definition) is 3. The highest BCUT2D eigenvalue weighted by molar-refractivity contribution is 5.75. The van der Waals surface area contributed by atoms with E-state index < -0.39 is 0 Å². The lowest BCUT2D eigenvalue weighted by Gasteiger charge is -2.35. The number of carbonyl (C=O) groups is 1. The minimum absolute atomic E-state index is 0.131. The van der Waals surface area contributed by atoms with Crippen molar-refractivity contribution in [2.45, 2.75) is 19.4 Å². The van der Waals surface area contributed by atoms with E-state index in [1.54, 1.807) is 0 Å². The molecule has 1 saturated heterocycles. The molecule has 1 aliphatic rings. The fourth-order valence-corrected chi connectivity index (χ4v) is 1.86. The second kappa shape index (κ2) is 6.76. The second-order valence-electron chi connectivity index (χ2n) is 3.83. The molecule has 1 atom stereocenters. The Morgan fingerprint density at radius 2 is 2.47 bits per heavy atom. The predicted molar refractivity (Wildman–Crippen MR) is 60.6 cm³/mol. The number of nitrogens with two attached hydrogens (primary N) is 1. The zero-order valence-electron chi connectivity index (χ0n) is 9.46. The second-order valence-corrected chi connectivity index (χ2v) is 3.83. The molecule has 1 rings (SSSR count). The summed E-state index contributed by atoms with van der Waals surface area (Å²) in [5, 5.41) is 6.11. The van der Waals surface area contributed by atoms with Crippen LogP contribution in [0.15, 0.2) is 0 Å². The van der Waals surface area contributed by atoms with Gasteiger partial charge in [-0.2, -0.15) is 0 Å². The fourth-order valence-electron chi connectivity index (χ4n) is 1.86. The van der Waals surface area contributed by atoms with Crippen molar-refractivity contribution in [1.82, 2.24) is 15.5 Å². The Morgan fingerprint density at radius 1 is 1.67 bits per heavy atom. The monoisotopic (exact) mass is 214 g/mol. The van der Waals surface area contributed by atoms with Gasteiger partial charge < -0.3 is 16.4 Å². The minimum atomic E-state index is 0.131. The number of amides is 1. The van der Waals surface area contributed by atoms with Crippen LogP contribution in [0, 0.1) is 0 Å². The first-order chi connectivity index (χ1) is 7.27. The third kappa shape index (κ3) is 4.15. The van der Waals surface area contributed by atoms with Gasteiger partial charge in [-0.3, -0.25) is 9.69 Å². The van der Waals surface area contributed by atoms with Crippen molar-refractivity contribution >= 4 is 5.91 Å². The van der Waals surface area contributed by atoms with Gasteiger partial charge in [0, 0.05) is 51.7 Å². The number of rotatable bonds is 5. The van der Waals surface area contributed by atoms with E-state index in [9.17, 15) is 4.79 Å². The van der Waals surface area contributed by atoms with E-state index in [-0.39, 0.29) is 5.91 Å². The van der Waals surface area contributed by atoms with E-state index in [0.717, 1.165) is 26.2 Å². The number of nitrogens with one attached hydrogen (secondary N) is 2. The van der Waals surface area contributed by atoms with Crippen LogP contribution in [0.25, 0.3) is 0 Å². The Kier molecular flexibility index (Phi) is 5.60. The summed E-state index contributed by atoms with van der Waals surface area (Å²) in [6.07, 6.45) is 0.574. The molecule has 0 radical (unpaired) electrons. The number of nitrogens with zero attached hydrogens (tertiary/aromatic N) is 1. The van der Waals surface area contributed by atoms with E-state index in [1.807, 2.05) is 6.92 Å². The summed E-state index contributed by atoms with van der Waals surface area (Å²) in [5.74, 6) is 0.131. The molecular weight excluding hydrogens is 192 g/mol. The summed E-state index contributed by atoms with van der Waals surface area (Å²) in [7, 11) is 0. The van der Waals surface area contributed by atoms with Crippen LogP contribution in [0.3, 0.4) is 0 Å². The van der Waals surface area contributed by atoms with Crippen molar-refractivity contribution in [1.29, 1.82) is 0 Å². The number of carbonyl (C=O) groups excluding carboxylic acids is 1. The maximum atomic E-state index is 11.3. The molecule has 0 aromatic heterocycles. The van der Waals surface area contributed by atoms with Gasteiger partial charge in [-0.25, -0.2) is 0 Å². The summed E-state index contributed by atoms with van der Waals surface area (Å²) in [4.78, 5) is 13.6. The minimum Gasteiger partial charge on any atom is -0.356 e. The molecule has 0 spiro atoms. The van der Waals surface area contributed by atoms with Crippen LogP contribution in [0.2, 0.25) is 0 Å². The van der Waals surface area contributed by atoms with Gasteiger partial charge >= 0.3 is 0 Å². The Labute approximate surface area is 91.4 Å². The summed E-state index contributed by atoms with van der Waals surface area (Å²) in [6.45, 7) is 7.03. The highest BCUT2D eigenvalue weighted by Crippen LogP contribution is 2.02. The molecule has 1 heterocycles. The standard InChI is InChI=1S/C10H22N4O/c1-2-13-10(15)3-5-14-6-4-12-8-9(14)7-11/h9,12H,2-8,11H2,1H3,(H,13,15). The lowest BCUT2D eigenvalue weighted by Crippen LogP contribution is -2.54. The molecule has 1 aliphatic heterocycles. The van der Waals surface area contributed by atoms with Crippen LogP contribution in [0.5, 0.6) is 0 Å². The average Bonchev–Trinajstić information content (AvgIpc) is 2.27. The van der Waals surface area contributed by atoms with Crippen LogP contribution in [-0.2, 0) is 4.79 Å². The largest absolute Gasteiger partial charge is 0.356 e. The normalized spacial score (nSPS) is 22.7. The van der Waals surface area contributed by atoms with Gasteiger partial charge in [-0.05, 0) is 6.92 Å². The lowest BCUT2D eigenvalue weighted by molar-refractivity contribution is -0.121. The van der Waals surface area contributed by atoms with Crippen molar-refractivity contribution in [3.8, 4) is 0 Å². The summed E-state index contributed by atoms with van der Waals surface area (Å²) < 4.78 is 0. The van der Waals surface area contributed by atoms with Crippen molar-refractivity contribution in [3.63, 3.8) is 0 Å². The van der Waals surface area contributed by atoms with Crippen molar-refractivity contribution in [3.05, 3.63) is 0 Å². The van der Waals surface area contributed by atoms with Gasteiger partial charge in [0.05, 0.1) is 0 Å². The first-order valence-electron chi connectivity index (χ1n) is 5.69. The molecule has 0 bridgehead atoms. The Morgan fingerprint density at radius 3 is 3.13 bits per heavy atom. The topological polar surface area (TPSA) is 70.4 Å². The van der Waals surface area contributed by atoms with E-state index in [2.05, 4.69) is 15.5 Å². The van der Waals surface area contributed by atoms with E-state index in [0.29, 0.717) is 25.6 Å². The average molecular weight is 214 g/mol. The van der Waals surface area contributed by atoms with Crippen LogP contribution >= 0.6 is 0 Å². The Bertz CT molecular complexity index is 198.